The molecule has 3 aromatic heterocycles. The van der Waals surface area contributed by atoms with Gasteiger partial charge in [-0.25, -0.2) is 9.97 Å². The summed E-state index contributed by atoms with van der Waals surface area (Å²) in [5, 5.41) is 4.22. The number of fused-ring (bicyclic) bond motifs is 1. The third kappa shape index (κ3) is 4.94. The van der Waals surface area contributed by atoms with Crippen molar-refractivity contribution in [1.82, 2.24) is 29.0 Å². The van der Waals surface area contributed by atoms with E-state index in [1.807, 2.05) is 58.9 Å². The van der Waals surface area contributed by atoms with Crippen LogP contribution < -0.4 is 15.8 Å². The summed E-state index contributed by atoms with van der Waals surface area (Å²) in [5.41, 5.74) is 5.25. The SMILES string of the molecule is CN1CCN(c2ccc(Nc3ncc4cc(-c5ccccc5-c5nccn5C)c(=O)n(C5CCCC5)c4n3)cc2)CC1. The molecule has 2 aliphatic rings. The Balaban J connectivity index is 1.26. The number of nitrogens with zero attached hydrogens (tertiary/aromatic N) is 7. The third-order valence-electron chi connectivity index (χ3n) is 8.73. The molecule has 1 aliphatic heterocycles. The lowest BCUT2D eigenvalue weighted by molar-refractivity contribution is 0.313. The zero-order chi connectivity index (χ0) is 28.6. The van der Waals surface area contributed by atoms with Gasteiger partial charge in [0.15, 0.2) is 0 Å². The first-order valence-corrected chi connectivity index (χ1v) is 14.8. The number of nitrogens with one attached hydrogen (secondary N) is 1. The first-order chi connectivity index (χ1) is 20.5. The molecule has 1 N–H and O–H groups in total. The van der Waals surface area contributed by atoms with Crippen molar-refractivity contribution in [1.29, 1.82) is 0 Å². The van der Waals surface area contributed by atoms with Crippen molar-refractivity contribution >= 4 is 28.4 Å². The van der Waals surface area contributed by atoms with E-state index in [0.29, 0.717) is 17.2 Å². The van der Waals surface area contributed by atoms with Crippen molar-refractivity contribution in [3.63, 3.8) is 0 Å². The Morgan fingerprint density at radius 2 is 1.60 bits per heavy atom. The standard InChI is InChI=1S/C33H36N8O/c1-38-17-19-40(20-18-38)25-13-11-24(12-14-25)36-33-35-22-23-21-29(32(42)41(30(23)37-33)26-7-3-4-8-26)27-9-5-6-10-28(27)31-34-15-16-39(31)2/h5-6,9-16,21-22,26H,3-4,7-8,17-20H2,1-2H3,(H,35,36,37). The molecule has 2 aromatic carbocycles. The molecule has 7 rings (SSSR count). The van der Waals surface area contributed by atoms with Crippen LogP contribution in [0.25, 0.3) is 33.5 Å². The molecule has 2 fully saturated rings. The topological polar surface area (TPSA) is 84.1 Å². The molecule has 0 bridgehead atoms. The summed E-state index contributed by atoms with van der Waals surface area (Å²) in [6, 6.07) is 18.5. The van der Waals surface area contributed by atoms with Crippen LogP contribution >= 0.6 is 0 Å². The molecular weight excluding hydrogens is 524 g/mol. The average molecular weight is 561 g/mol. The summed E-state index contributed by atoms with van der Waals surface area (Å²) < 4.78 is 3.91. The lowest BCUT2D eigenvalue weighted by atomic mass is 9.99. The van der Waals surface area contributed by atoms with Crippen LogP contribution in [0.1, 0.15) is 31.7 Å². The highest BCUT2D eigenvalue weighted by molar-refractivity contribution is 5.87. The second-order valence-corrected chi connectivity index (χ2v) is 11.5. The van der Waals surface area contributed by atoms with Crippen LogP contribution in [0, 0.1) is 0 Å². The molecule has 1 saturated carbocycles. The molecule has 9 heteroatoms. The second kappa shape index (κ2) is 11.1. The highest BCUT2D eigenvalue weighted by Crippen LogP contribution is 2.34. The van der Waals surface area contributed by atoms with Crippen molar-refractivity contribution in [3.8, 4) is 22.5 Å². The summed E-state index contributed by atoms with van der Waals surface area (Å²) in [6.07, 6.45) is 9.71. The average Bonchev–Trinajstić information content (AvgIpc) is 3.70. The lowest BCUT2D eigenvalue weighted by Gasteiger charge is -2.34. The lowest BCUT2D eigenvalue weighted by Crippen LogP contribution is -2.44. The Morgan fingerprint density at radius 1 is 0.857 bits per heavy atom. The number of pyridine rings is 1. The molecule has 0 radical (unpaired) electrons. The fraction of sp³-hybridized carbons (Fsp3) is 0.333. The van der Waals surface area contributed by atoms with E-state index in [9.17, 15) is 4.79 Å². The van der Waals surface area contributed by atoms with E-state index >= 15 is 0 Å². The number of anilines is 3. The number of piperazine rings is 1. The maximum absolute atomic E-state index is 14.3. The van der Waals surface area contributed by atoms with Crippen LogP contribution in [-0.4, -0.2) is 62.2 Å². The van der Waals surface area contributed by atoms with Gasteiger partial charge in [0.25, 0.3) is 5.56 Å². The van der Waals surface area contributed by atoms with Gasteiger partial charge < -0.3 is 19.7 Å². The highest BCUT2D eigenvalue weighted by atomic mass is 16.1. The molecule has 0 unspecified atom stereocenters. The second-order valence-electron chi connectivity index (χ2n) is 11.5. The summed E-state index contributed by atoms with van der Waals surface area (Å²) in [5.74, 6) is 1.31. The molecule has 5 aromatic rings. The number of imidazole rings is 1. The van der Waals surface area contributed by atoms with Crippen molar-refractivity contribution in [3.05, 3.63) is 83.5 Å². The van der Waals surface area contributed by atoms with Gasteiger partial charge in [-0.2, -0.15) is 4.98 Å². The number of likely N-dealkylation sites (N-methyl/N-ethyl adjacent to an activating group) is 1. The zero-order valence-electron chi connectivity index (χ0n) is 24.2. The molecule has 0 atom stereocenters. The number of aromatic nitrogens is 5. The molecule has 0 amide bonds. The normalized spacial score (nSPS) is 16.4. The van der Waals surface area contributed by atoms with Crippen LogP contribution in [0.3, 0.4) is 0 Å². The molecule has 1 saturated heterocycles. The molecule has 1 aliphatic carbocycles. The fourth-order valence-corrected chi connectivity index (χ4v) is 6.36. The number of hydrogen-bond acceptors (Lipinski definition) is 7. The van der Waals surface area contributed by atoms with Gasteiger partial charge in [-0.15, -0.1) is 0 Å². The van der Waals surface area contributed by atoms with E-state index in [1.165, 1.54) is 5.69 Å². The molecule has 0 spiro atoms. The number of rotatable bonds is 6. The van der Waals surface area contributed by atoms with E-state index in [2.05, 4.69) is 56.4 Å². The van der Waals surface area contributed by atoms with Gasteiger partial charge >= 0.3 is 0 Å². The Bertz CT molecular complexity index is 1780. The zero-order valence-corrected chi connectivity index (χ0v) is 24.2. The van der Waals surface area contributed by atoms with E-state index < -0.39 is 0 Å². The van der Waals surface area contributed by atoms with Gasteiger partial charge in [-0.3, -0.25) is 9.36 Å². The molecule has 9 nitrogen and oxygen atoms in total. The molecular formula is C33H36N8O. The van der Waals surface area contributed by atoms with Crippen LogP contribution in [0.15, 0.2) is 78.0 Å². The van der Waals surface area contributed by atoms with Crippen LogP contribution in [0.5, 0.6) is 0 Å². The van der Waals surface area contributed by atoms with Crippen LogP contribution in [0.2, 0.25) is 0 Å². The van der Waals surface area contributed by atoms with Crippen LogP contribution in [-0.2, 0) is 7.05 Å². The minimum atomic E-state index is -0.0164. The largest absolute Gasteiger partial charge is 0.369 e. The minimum absolute atomic E-state index is 0.0164. The Hall–Kier alpha value is -4.50. The number of aryl methyl sites for hydroxylation is 1. The molecule has 42 heavy (non-hydrogen) atoms. The third-order valence-corrected chi connectivity index (χ3v) is 8.73. The Kier molecular flexibility index (Phi) is 6.95. The first kappa shape index (κ1) is 26.4. The Morgan fingerprint density at radius 3 is 2.31 bits per heavy atom. The van der Waals surface area contributed by atoms with Crippen molar-refractivity contribution < 1.29 is 0 Å². The summed E-state index contributed by atoms with van der Waals surface area (Å²) in [6.45, 7) is 4.21. The quantitative estimate of drug-likeness (QED) is 0.295. The monoisotopic (exact) mass is 560 g/mol. The van der Waals surface area contributed by atoms with Crippen molar-refractivity contribution in [2.24, 2.45) is 7.05 Å². The highest BCUT2D eigenvalue weighted by Gasteiger charge is 2.24. The number of hydrogen-bond donors (Lipinski definition) is 1. The summed E-state index contributed by atoms with van der Waals surface area (Å²) in [4.78, 5) is 33.2. The van der Waals surface area contributed by atoms with E-state index in [1.54, 1.807) is 6.20 Å². The van der Waals surface area contributed by atoms with E-state index in [4.69, 9.17) is 4.98 Å². The smallest absolute Gasteiger partial charge is 0.260 e. The van der Waals surface area contributed by atoms with E-state index in [-0.39, 0.29) is 11.6 Å². The predicted molar refractivity (Wildman–Crippen MR) is 168 cm³/mol. The van der Waals surface area contributed by atoms with Gasteiger partial charge in [0, 0.05) is 85.7 Å². The maximum Gasteiger partial charge on any atom is 0.260 e. The van der Waals surface area contributed by atoms with Gasteiger partial charge in [0.2, 0.25) is 5.95 Å². The molecule has 214 valence electrons. The van der Waals surface area contributed by atoms with Gasteiger partial charge in [0.05, 0.1) is 0 Å². The van der Waals surface area contributed by atoms with Crippen molar-refractivity contribution in [2.45, 2.75) is 31.7 Å². The number of benzene rings is 2. The summed E-state index contributed by atoms with van der Waals surface area (Å²) >= 11 is 0. The van der Waals surface area contributed by atoms with Gasteiger partial charge in [0.1, 0.15) is 11.5 Å². The first-order valence-electron chi connectivity index (χ1n) is 14.8. The molecule has 4 heterocycles. The summed E-state index contributed by atoms with van der Waals surface area (Å²) in [7, 11) is 4.14. The van der Waals surface area contributed by atoms with Gasteiger partial charge in [-0.1, -0.05) is 37.1 Å². The Labute approximate surface area is 245 Å². The van der Waals surface area contributed by atoms with Gasteiger partial charge in [-0.05, 0) is 55.8 Å². The predicted octanol–water partition coefficient (Wildman–Crippen LogP) is 5.47. The van der Waals surface area contributed by atoms with E-state index in [0.717, 1.165) is 79.9 Å². The maximum atomic E-state index is 14.3. The minimum Gasteiger partial charge on any atom is -0.369 e. The van der Waals surface area contributed by atoms with Crippen LogP contribution in [0.4, 0.5) is 17.3 Å². The fourth-order valence-electron chi connectivity index (χ4n) is 6.36. The van der Waals surface area contributed by atoms with Crippen molar-refractivity contribution in [2.75, 3.05) is 43.4 Å².